The van der Waals surface area contributed by atoms with E-state index in [-0.39, 0.29) is 51.3 Å². The number of fused-ring (bicyclic) bond motifs is 4. The van der Waals surface area contributed by atoms with Gasteiger partial charge in [0.1, 0.15) is 23.0 Å². The molecule has 200 valence electrons. The van der Waals surface area contributed by atoms with E-state index in [1.165, 1.54) is 18.2 Å². The molecule has 0 amide bonds. The van der Waals surface area contributed by atoms with E-state index in [2.05, 4.69) is 0 Å². The van der Waals surface area contributed by atoms with Gasteiger partial charge in [0.05, 0.1) is 11.1 Å². The van der Waals surface area contributed by atoms with Gasteiger partial charge >= 0.3 is 20.9 Å². The molecule has 0 fully saturated rings. The maximum absolute atomic E-state index is 14.0. The predicted molar refractivity (Wildman–Crippen MR) is 136 cm³/mol. The fourth-order valence-corrected chi connectivity index (χ4v) is 5.29. The molecule has 3 aromatic rings. The zero-order valence-corrected chi connectivity index (χ0v) is 22.2. The van der Waals surface area contributed by atoms with Crippen molar-refractivity contribution in [2.75, 3.05) is 0 Å². The molecule has 0 unspecified atom stereocenters. The van der Waals surface area contributed by atoms with Gasteiger partial charge in [-0.1, -0.05) is 21.6 Å². The van der Waals surface area contributed by atoms with Gasteiger partial charge < -0.3 is 21.7 Å². The number of hydrogen-bond donors (Lipinski definition) is 0. The number of rotatable bonds is 5. The van der Waals surface area contributed by atoms with E-state index >= 15 is 0 Å². The molecule has 3 heterocycles. The Morgan fingerprint density at radius 3 is 2.55 bits per heavy atom. The zero-order chi connectivity index (χ0) is 27.6. The van der Waals surface area contributed by atoms with E-state index in [9.17, 15) is 25.5 Å². The third-order valence-corrected chi connectivity index (χ3v) is 6.94. The highest BCUT2D eigenvalue weighted by Crippen LogP contribution is 2.46. The van der Waals surface area contributed by atoms with Gasteiger partial charge in [0.15, 0.2) is 22.8 Å². The van der Waals surface area contributed by atoms with Crippen LogP contribution < -0.4 is 22.7 Å². The molecule has 0 saturated heterocycles. The van der Waals surface area contributed by atoms with Crippen molar-refractivity contribution >= 4 is 37.9 Å². The van der Waals surface area contributed by atoms with Gasteiger partial charge in [-0.25, -0.2) is 0 Å². The van der Waals surface area contributed by atoms with Crippen molar-refractivity contribution in [2.24, 2.45) is 0 Å². The summed E-state index contributed by atoms with van der Waals surface area (Å²) in [5, 5.41) is -0.335. The second kappa shape index (κ2) is 8.60. The molecule has 13 heteroatoms. The summed E-state index contributed by atoms with van der Waals surface area (Å²) in [6.07, 6.45) is 6.33. The molecule has 0 N–H and O–H groups in total. The summed E-state index contributed by atoms with van der Waals surface area (Å²) in [6.45, 7) is 7.17. The van der Waals surface area contributed by atoms with Crippen LogP contribution in [0.5, 0.6) is 23.0 Å². The Morgan fingerprint density at radius 2 is 1.87 bits per heavy atom. The average molecular weight is 565 g/mol. The number of ether oxygens (including phenoxy) is 1. The molecule has 0 radical (unpaired) electrons. The molecular weight excluding hydrogens is 543 g/mol. The molecule has 0 spiro atoms. The lowest BCUT2D eigenvalue weighted by Gasteiger charge is -2.30. The van der Waals surface area contributed by atoms with Crippen molar-refractivity contribution in [2.45, 2.75) is 39.7 Å². The van der Waals surface area contributed by atoms with Crippen LogP contribution in [0.3, 0.4) is 0 Å². The second-order valence-electron chi connectivity index (χ2n) is 9.47. The largest absolute Gasteiger partial charge is 0.501 e. The fourth-order valence-electron chi connectivity index (χ4n) is 4.17. The van der Waals surface area contributed by atoms with Crippen LogP contribution >= 0.6 is 0 Å². The Balaban J connectivity index is 1.84. The predicted octanol–water partition coefficient (Wildman–Crippen LogP) is 4.76. The fraction of sp³-hybridized carbons (Fsp3) is 0.240. The SMILES string of the molecule is CC(C)=CCc1c2c(c3occ(-c4ccc5c(c4)OS(=O)(=O)O5)c(=O)c3c1OS(=O)(=O)F)C=CC(C)(C)O2. The van der Waals surface area contributed by atoms with Gasteiger partial charge in [0.25, 0.3) is 0 Å². The summed E-state index contributed by atoms with van der Waals surface area (Å²) in [7, 11) is -9.85. The molecule has 2 aliphatic heterocycles. The Kier molecular flexibility index (Phi) is 5.84. The van der Waals surface area contributed by atoms with Gasteiger partial charge in [-0.3, -0.25) is 4.79 Å². The summed E-state index contributed by atoms with van der Waals surface area (Å²) < 4.78 is 86.8. The third-order valence-electron chi connectivity index (χ3n) is 5.81. The smallest absolute Gasteiger partial charge is 0.483 e. The summed E-state index contributed by atoms with van der Waals surface area (Å²) in [4.78, 5) is 13.8. The molecule has 38 heavy (non-hydrogen) atoms. The highest BCUT2D eigenvalue weighted by Gasteiger charge is 2.34. The Morgan fingerprint density at radius 1 is 1.16 bits per heavy atom. The van der Waals surface area contributed by atoms with Crippen molar-refractivity contribution in [3.05, 3.63) is 63.5 Å². The molecule has 10 nitrogen and oxygen atoms in total. The first-order valence-corrected chi connectivity index (χ1v) is 13.9. The number of halogens is 1. The minimum atomic E-state index is -5.58. The third kappa shape index (κ3) is 4.74. The normalized spacial score (nSPS) is 16.6. The quantitative estimate of drug-likeness (QED) is 0.315. The van der Waals surface area contributed by atoms with Gasteiger partial charge in [-0.2, -0.15) is 8.42 Å². The van der Waals surface area contributed by atoms with Crippen LogP contribution in [0.15, 0.2) is 51.4 Å². The van der Waals surface area contributed by atoms with Crippen LogP contribution in [0.4, 0.5) is 3.89 Å². The average Bonchev–Trinajstić information content (AvgIpc) is 3.09. The molecule has 0 aliphatic carbocycles. The van der Waals surface area contributed by atoms with Crippen LogP contribution in [-0.2, 0) is 27.3 Å². The van der Waals surface area contributed by atoms with E-state index in [4.69, 9.17) is 21.7 Å². The minimum Gasteiger partial charge on any atom is -0.483 e. The number of allylic oxidation sites excluding steroid dienone is 2. The van der Waals surface area contributed by atoms with Gasteiger partial charge in [-0.15, -0.1) is 8.42 Å². The van der Waals surface area contributed by atoms with E-state index in [1.807, 2.05) is 13.8 Å². The van der Waals surface area contributed by atoms with Gasteiger partial charge in [0, 0.05) is 5.56 Å². The summed E-state index contributed by atoms with van der Waals surface area (Å²) in [5.74, 6) is -0.610. The highest BCUT2D eigenvalue weighted by atomic mass is 32.3. The first kappa shape index (κ1) is 25.8. The van der Waals surface area contributed by atoms with Crippen LogP contribution in [0.1, 0.15) is 38.8 Å². The maximum Gasteiger partial charge on any atom is 0.501 e. The molecule has 5 rings (SSSR count). The van der Waals surface area contributed by atoms with Crippen LogP contribution in [0.25, 0.3) is 28.2 Å². The van der Waals surface area contributed by atoms with Crippen molar-refractivity contribution in [3.63, 3.8) is 0 Å². The molecule has 0 bridgehead atoms. The lowest BCUT2D eigenvalue weighted by atomic mass is 9.93. The van der Waals surface area contributed by atoms with Crippen molar-refractivity contribution < 1.29 is 42.4 Å². The second-order valence-corrected chi connectivity index (χ2v) is 11.6. The summed E-state index contributed by atoms with van der Waals surface area (Å²) >= 11 is 0. The van der Waals surface area contributed by atoms with Crippen LogP contribution in [0.2, 0.25) is 0 Å². The molecule has 2 aliphatic rings. The Labute approximate surface area is 217 Å². The minimum absolute atomic E-state index is 0.0565. The lowest BCUT2D eigenvalue weighted by molar-refractivity contribution is 0.157. The van der Waals surface area contributed by atoms with Crippen molar-refractivity contribution in [1.29, 1.82) is 0 Å². The molecule has 2 aromatic carbocycles. The van der Waals surface area contributed by atoms with Crippen molar-refractivity contribution in [1.82, 2.24) is 0 Å². The van der Waals surface area contributed by atoms with Crippen LogP contribution in [-0.4, -0.2) is 22.4 Å². The topological polar surface area (TPSA) is 135 Å². The van der Waals surface area contributed by atoms with Gasteiger partial charge in [-0.05, 0) is 64.0 Å². The van der Waals surface area contributed by atoms with E-state index in [0.29, 0.717) is 5.56 Å². The monoisotopic (exact) mass is 564 g/mol. The number of benzene rings is 2. The highest BCUT2D eigenvalue weighted by molar-refractivity contribution is 7.83. The van der Waals surface area contributed by atoms with E-state index in [0.717, 1.165) is 11.8 Å². The zero-order valence-electron chi connectivity index (χ0n) is 20.5. The van der Waals surface area contributed by atoms with Crippen LogP contribution in [0, 0.1) is 0 Å². The first-order valence-electron chi connectivity index (χ1n) is 11.2. The summed E-state index contributed by atoms with van der Waals surface area (Å²) in [5.41, 5.74) is -0.216. The lowest BCUT2D eigenvalue weighted by Crippen LogP contribution is -2.28. The van der Waals surface area contributed by atoms with Crippen molar-refractivity contribution in [3.8, 4) is 34.1 Å². The standard InChI is InChI=1S/C25H21FO10S2/c1-13(2)5-7-15-22-16(9-10-25(3,4)33-22)23-20(24(15)36-37(26,28)29)21(27)17(12-32-23)14-6-8-18-19(11-14)35-38(30,31)34-18/h5-6,8-12H,7H2,1-4H3. The maximum atomic E-state index is 14.0. The van der Waals surface area contributed by atoms with E-state index in [1.54, 1.807) is 32.1 Å². The molecule has 0 atom stereocenters. The molecular formula is C25H21FO10S2. The number of hydrogen-bond acceptors (Lipinski definition) is 10. The Bertz CT molecular complexity index is 1850. The van der Waals surface area contributed by atoms with Gasteiger partial charge in [0.2, 0.25) is 5.43 Å². The van der Waals surface area contributed by atoms with E-state index < -0.39 is 37.7 Å². The molecule has 1 aromatic heterocycles. The molecule has 0 saturated carbocycles. The first-order chi connectivity index (χ1) is 17.6. The Hall–Kier alpha value is -3.84. The summed E-state index contributed by atoms with van der Waals surface area (Å²) in [6, 6.07) is 3.92.